The molecule has 0 aromatic rings. The van der Waals surface area contributed by atoms with Gasteiger partial charge < -0.3 is 10.2 Å². The van der Waals surface area contributed by atoms with Crippen LogP contribution in [0.25, 0.3) is 0 Å². The van der Waals surface area contributed by atoms with Crippen molar-refractivity contribution < 1.29 is 15.0 Å². The van der Waals surface area contributed by atoms with Crippen molar-refractivity contribution in [1.82, 2.24) is 0 Å². The van der Waals surface area contributed by atoms with Gasteiger partial charge in [-0.05, 0) is 121 Å². The van der Waals surface area contributed by atoms with Gasteiger partial charge in [0.05, 0.1) is 0 Å². The molecule has 2 N–H and O–H groups in total. The van der Waals surface area contributed by atoms with Crippen molar-refractivity contribution in [2.75, 3.05) is 6.61 Å². The molecule has 4 fully saturated rings. The Morgan fingerprint density at radius 1 is 0.818 bits per heavy atom. The molecule has 0 aromatic heterocycles. The smallest absolute Gasteiger partial charge is 0.197 e. The first-order valence-corrected chi connectivity index (χ1v) is 13.7. The summed E-state index contributed by atoms with van der Waals surface area (Å²) in [6.07, 6.45) is 11.2. The SMILES string of the molecule is CC1=C(O)C(=O)C[C@@H]2[C@]3(C)CC[C@]4(C)[C@H]5CC(C)(C)CC[C@]5(CO)CC[C@]4(C)[C@@H]3CC[C@]12C. The molecule has 5 rings (SSSR count). The van der Waals surface area contributed by atoms with E-state index in [4.69, 9.17) is 0 Å². The molecule has 0 aliphatic heterocycles. The van der Waals surface area contributed by atoms with Gasteiger partial charge in [0.15, 0.2) is 11.5 Å². The van der Waals surface area contributed by atoms with Crippen molar-refractivity contribution in [2.45, 2.75) is 113 Å². The van der Waals surface area contributed by atoms with E-state index >= 15 is 0 Å². The van der Waals surface area contributed by atoms with E-state index in [1.165, 1.54) is 44.9 Å². The summed E-state index contributed by atoms with van der Waals surface area (Å²) in [4.78, 5) is 12.8. The molecule has 5 aliphatic carbocycles. The van der Waals surface area contributed by atoms with E-state index in [0.29, 0.717) is 36.2 Å². The molecule has 0 unspecified atom stereocenters. The summed E-state index contributed by atoms with van der Waals surface area (Å²) in [5.74, 6) is 1.52. The average molecular weight is 457 g/mol. The molecular formula is C30H48O3. The lowest BCUT2D eigenvalue weighted by molar-refractivity contribution is -0.256. The summed E-state index contributed by atoms with van der Waals surface area (Å²) in [5.41, 5.74) is 1.93. The predicted molar refractivity (Wildman–Crippen MR) is 133 cm³/mol. The van der Waals surface area contributed by atoms with Gasteiger partial charge in [0.2, 0.25) is 0 Å². The van der Waals surface area contributed by atoms with Crippen LogP contribution in [-0.2, 0) is 4.79 Å². The van der Waals surface area contributed by atoms with Gasteiger partial charge in [-0.2, -0.15) is 0 Å². The summed E-state index contributed by atoms with van der Waals surface area (Å²) >= 11 is 0. The van der Waals surface area contributed by atoms with Crippen LogP contribution in [-0.4, -0.2) is 22.6 Å². The zero-order valence-electron chi connectivity index (χ0n) is 22.3. The largest absolute Gasteiger partial charge is 0.504 e. The fourth-order valence-corrected chi connectivity index (χ4v) is 10.8. The number of fused-ring (bicyclic) bond motifs is 7. The number of rotatable bonds is 1. The number of carbonyl (C=O) groups is 1. The van der Waals surface area contributed by atoms with Crippen molar-refractivity contribution in [3.63, 3.8) is 0 Å². The van der Waals surface area contributed by atoms with Crippen LogP contribution in [0.5, 0.6) is 0 Å². The summed E-state index contributed by atoms with van der Waals surface area (Å²) in [7, 11) is 0. The first-order valence-electron chi connectivity index (χ1n) is 13.7. The number of hydrogen-bond donors (Lipinski definition) is 2. The molecular weight excluding hydrogens is 408 g/mol. The highest BCUT2D eigenvalue weighted by Gasteiger charge is 2.71. The van der Waals surface area contributed by atoms with Crippen molar-refractivity contribution in [3.05, 3.63) is 11.3 Å². The van der Waals surface area contributed by atoms with E-state index in [-0.39, 0.29) is 38.6 Å². The van der Waals surface area contributed by atoms with Crippen LogP contribution in [0.15, 0.2) is 11.3 Å². The van der Waals surface area contributed by atoms with Crippen molar-refractivity contribution in [3.8, 4) is 0 Å². The predicted octanol–water partition coefficient (Wildman–Crippen LogP) is 7.24. The zero-order chi connectivity index (χ0) is 24.2. The van der Waals surface area contributed by atoms with Gasteiger partial charge in [0.25, 0.3) is 0 Å². The normalized spacial score (nSPS) is 53.6. The van der Waals surface area contributed by atoms with E-state index in [9.17, 15) is 15.0 Å². The molecule has 0 saturated heterocycles. The lowest BCUT2D eigenvalue weighted by Gasteiger charge is -2.74. The van der Waals surface area contributed by atoms with E-state index in [2.05, 4.69) is 41.5 Å². The van der Waals surface area contributed by atoms with Crippen molar-refractivity contribution in [2.24, 2.45) is 50.2 Å². The van der Waals surface area contributed by atoms with Gasteiger partial charge in [-0.25, -0.2) is 0 Å². The molecule has 0 spiro atoms. The lowest BCUT2D eigenvalue weighted by Crippen LogP contribution is -2.68. The Hall–Kier alpha value is -0.830. The molecule has 0 amide bonds. The topological polar surface area (TPSA) is 57.5 Å². The van der Waals surface area contributed by atoms with Crippen LogP contribution in [0.4, 0.5) is 0 Å². The number of Topliss-reactive ketones (excluding diaryl/α,β-unsaturated/α-hetero) is 1. The summed E-state index contributed by atoms with van der Waals surface area (Å²) in [6.45, 7) is 17.3. The fraction of sp³-hybridized carbons (Fsp3) is 0.900. The molecule has 0 bridgehead atoms. The Bertz CT molecular complexity index is 902. The van der Waals surface area contributed by atoms with Gasteiger partial charge >= 0.3 is 0 Å². The third-order valence-electron chi connectivity index (χ3n) is 13.5. The number of aliphatic hydroxyl groups is 2. The second-order valence-electron chi connectivity index (χ2n) is 14.9. The molecule has 3 heteroatoms. The first kappa shape index (κ1) is 23.9. The van der Waals surface area contributed by atoms with Gasteiger partial charge in [0, 0.05) is 13.0 Å². The summed E-state index contributed by atoms with van der Waals surface area (Å²) in [6, 6.07) is 0. The van der Waals surface area contributed by atoms with Crippen molar-refractivity contribution in [1.29, 1.82) is 0 Å². The Morgan fingerprint density at radius 3 is 2.09 bits per heavy atom. The number of aliphatic hydroxyl groups excluding tert-OH is 2. The third kappa shape index (κ3) is 2.81. The molecule has 8 atom stereocenters. The first-order chi connectivity index (χ1) is 15.2. The second kappa shape index (κ2) is 6.89. The van der Waals surface area contributed by atoms with Crippen LogP contribution in [0.3, 0.4) is 0 Å². The van der Waals surface area contributed by atoms with Crippen LogP contribution in [0, 0.1) is 50.2 Å². The monoisotopic (exact) mass is 456 g/mol. The highest BCUT2D eigenvalue weighted by molar-refractivity contribution is 5.95. The Balaban J connectivity index is 1.58. The Morgan fingerprint density at radius 2 is 1.42 bits per heavy atom. The number of allylic oxidation sites excluding steroid dienone is 2. The Kier molecular flexibility index (Phi) is 4.99. The molecule has 4 saturated carbocycles. The molecule has 3 nitrogen and oxygen atoms in total. The molecule has 0 aromatic carbocycles. The number of hydrogen-bond acceptors (Lipinski definition) is 3. The van der Waals surface area contributed by atoms with E-state index < -0.39 is 0 Å². The minimum atomic E-state index is -0.0658. The van der Waals surface area contributed by atoms with E-state index in [0.717, 1.165) is 18.4 Å². The van der Waals surface area contributed by atoms with Gasteiger partial charge in [-0.3, -0.25) is 4.79 Å². The van der Waals surface area contributed by atoms with E-state index in [1.807, 2.05) is 6.92 Å². The van der Waals surface area contributed by atoms with E-state index in [1.54, 1.807) is 0 Å². The maximum Gasteiger partial charge on any atom is 0.197 e. The number of ketones is 1. The molecule has 0 heterocycles. The van der Waals surface area contributed by atoms with Gasteiger partial charge in [-0.15, -0.1) is 0 Å². The molecule has 5 aliphatic rings. The average Bonchev–Trinajstić information content (AvgIpc) is 2.76. The molecule has 33 heavy (non-hydrogen) atoms. The highest BCUT2D eigenvalue weighted by Crippen LogP contribution is 2.78. The number of carbonyl (C=O) groups excluding carboxylic acids is 1. The highest BCUT2D eigenvalue weighted by atomic mass is 16.3. The zero-order valence-corrected chi connectivity index (χ0v) is 22.3. The summed E-state index contributed by atoms with van der Waals surface area (Å²) < 4.78 is 0. The minimum absolute atomic E-state index is 0.0349. The van der Waals surface area contributed by atoms with Gasteiger partial charge in [-0.1, -0.05) is 41.5 Å². The second-order valence-corrected chi connectivity index (χ2v) is 14.9. The van der Waals surface area contributed by atoms with Crippen LogP contribution < -0.4 is 0 Å². The minimum Gasteiger partial charge on any atom is -0.504 e. The standard InChI is InChI=1S/C30H48O3/c1-19-24(33)20(32)16-22-26(19,4)9-8-21-27(22,5)11-12-29(7)23-17-25(2,3)10-14-30(23,18-31)15-13-28(21,29)6/h21-23,31,33H,8-18H2,1-7H3/t21-,22+,23-,26-,27-,28-,29-,30-/m1/s1. The maximum absolute atomic E-state index is 12.8. The maximum atomic E-state index is 12.8. The quantitative estimate of drug-likeness (QED) is 0.437. The lowest BCUT2D eigenvalue weighted by atomic mass is 9.30. The summed E-state index contributed by atoms with van der Waals surface area (Å²) in [5, 5.41) is 21.3. The van der Waals surface area contributed by atoms with Crippen LogP contribution in [0.1, 0.15) is 113 Å². The van der Waals surface area contributed by atoms with Crippen LogP contribution in [0.2, 0.25) is 0 Å². The third-order valence-corrected chi connectivity index (χ3v) is 13.5. The van der Waals surface area contributed by atoms with Crippen molar-refractivity contribution >= 4 is 5.78 Å². The van der Waals surface area contributed by atoms with Gasteiger partial charge in [0.1, 0.15) is 0 Å². The Labute approximate surface area is 201 Å². The molecule has 186 valence electrons. The molecule has 0 radical (unpaired) electrons. The fourth-order valence-electron chi connectivity index (χ4n) is 10.8. The van der Waals surface area contributed by atoms with Crippen LogP contribution >= 0.6 is 0 Å².